The van der Waals surface area contributed by atoms with Crippen LogP contribution >= 0.6 is 0 Å². The summed E-state index contributed by atoms with van der Waals surface area (Å²) in [6, 6.07) is -0.708. The van der Waals surface area contributed by atoms with Crippen LogP contribution in [0.5, 0.6) is 0 Å². The van der Waals surface area contributed by atoms with Crippen molar-refractivity contribution in [2.24, 2.45) is 0 Å². The molecular weight excluding hydrogens is 324 g/mol. The van der Waals surface area contributed by atoms with Crippen LogP contribution in [0.25, 0.3) is 0 Å². The van der Waals surface area contributed by atoms with Crippen molar-refractivity contribution < 1.29 is 28.2 Å². The summed E-state index contributed by atoms with van der Waals surface area (Å²) in [5.74, 6) is -2.58. The monoisotopic (exact) mass is 349 g/mol. The molecule has 3 atom stereocenters. The molecule has 3 fully saturated rings. The maximum Gasteiger partial charge on any atom is 0.317 e. The fourth-order valence-electron chi connectivity index (χ4n) is 3.30. The minimum absolute atomic E-state index is 0.160. The molecule has 3 heterocycles. The van der Waals surface area contributed by atoms with Gasteiger partial charge < -0.3 is 29.7 Å². The Morgan fingerprint density at radius 1 is 1.21 bits per heavy atom. The number of hydrogen-bond donors (Lipinski definition) is 2. The molecular formula is C15H25F2N3O4. The van der Waals surface area contributed by atoms with Crippen LogP contribution in [0, 0.1) is 0 Å². The number of aliphatic hydroxyl groups excluding tert-OH is 1. The Morgan fingerprint density at radius 3 is 2.54 bits per heavy atom. The lowest BCUT2D eigenvalue weighted by molar-refractivity contribution is -0.0674. The summed E-state index contributed by atoms with van der Waals surface area (Å²) in [5.41, 5.74) is 0. The predicted octanol–water partition coefficient (Wildman–Crippen LogP) is -0.112. The molecule has 0 aromatic heterocycles. The van der Waals surface area contributed by atoms with Crippen LogP contribution in [0.1, 0.15) is 12.8 Å². The van der Waals surface area contributed by atoms with Crippen molar-refractivity contribution >= 4 is 6.03 Å². The number of morpholine rings is 1. The molecule has 138 valence electrons. The number of halogens is 2. The Balaban J connectivity index is 1.44. The molecule has 0 aromatic carbocycles. The number of carbonyl (C=O) groups excluding carboxylic acids is 1. The van der Waals surface area contributed by atoms with Crippen LogP contribution in [-0.4, -0.2) is 97.7 Å². The van der Waals surface area contributed by atoms with E-state index in [4.69, 9.17) is 9.47 Å². The molecule has 0 aliphatic carbocycles. The van der Waals surface area contributed by atoms with E-state index in [0.717, 1.165) is 0 Å². The second-order valence-corrected chi connectivity index (χ2v) is 6.67. The number of ether oxygens (including phenoxy) is 2. The number of nitrogens with zero attached hydrogens (tertiary/aromatic N) is 2. The van der Waals surface area contributed by atoms with Crippen molar-refractivity contribution in [1.29, 1.82) is 0 Å². The highest BCUT2D eigenvalue weighted by atomic mass is 19.3. The predicted molar refractivity (Wildman–Crippen MR) is 81.1 cm³/mol. The van der Waals surface area contributed by atoms with Crippen LogP contribution in [0.3, 0.4) is 0 Å². The zero-order valence-electron chi connectivity index (χ0n) is 13.6. The van der Waals surface area contributed by atoms with Gasteiger partial charge in [0.05, 0.1) is 32.0 Å². The molecule has 0 spiro atoms. The standard InChI is InChI=1S/C15H25F2N3O4/c16-15(17)1-3-19(4-2-15)9-12-13(21)11(10-24-12)18-14(22)20-5-7-23-8-6-20/h11-13,21H,1-10H2,(H,18,22). The van der Waals surface area contributed by atoms with Gasteiger partial charge in [0.15, 0.2) is 0 Å². The van der Waals surface area contributed by atoms with Gasteiger partial charge >= 0.3 is 6.03 Å². The highest BCUT2D eigenvalue weighted by Gasteiger charge is 2.40. The van der Waals surface area contributed by atoms with Gasteiger partial charge in [-0.1, -0.05) is 0 Å². The molecule has 9 heteroatoms. The molecule has 0 saturated carbocycles. The molecule has 24 heavy (non-hydrogen) atoms. The van der Waals surface area contributed by atoms with Gasteiger partial charge in [-0.05, 0) is 0 Å². The number of alkyl halides is 2. The van der Waals surface area contributed by atoms with Gasteiger partial charge in [0.25, 0.3) is 5.92 Å². The number of rotatable bonds is 3. The third-order valence-corrected chi connectivity index (χ3v) is 4.92. The number of hydrogen-bond acceptors (Lipinski definition) is 5. The lowest BCUT2D eigenvalue weighted by atomic mass is 10.0. The summed E-state index contributed by atoms with van der Waals surface area (Å²) in [6.45, 7) is 3.31. The fourth-order valence-corrected chi connectivity index (χ4v) is 3.30. The summed E-state index contributed by atoms with van der Waals surface area (Å²) >= 11 is 0. The molecule has 2 amide bonds. The van der Waals surface area contributed by atoms with Crippen LogP contribution in [0.4, 0.5) is 13.6 Å². The van der Waals surface area contributed by atoms with E-state index in [2.05, 4.69) is 5.32 Å². The lowest BCUT2D eigenvalue weighted by Gasteiger charge is -2.33. The molecule has 3 rings (SSSR count). The molecule has 3 unspecified atom stereocenters. The highest BCUT2D eigenvalue weighted by molar-refractivity contribution is 5.74. The van der Waals surface area contributed by atoms with E-state index < -0.39 is 24.2 Å². The molecule has 3 saturated heterocycles. The van der Waals surface area contributed by atoms with Gasteiger partial charge in [0.2, 0.25) is 0 Å². The average molecular weight is 349 g/mol. The molecule has 0 aromatic rings. The lowest BCUT2D eigenvalue weighted by Crippen LogP contribution is -2.53. The van der Waals surface area contributed by atoms with E-state index in [1.807, 2.05) is 4.90 Å². The molecule has 7 nitrogen and oxygen atoms in total. The first-order valence-electron chi connectivity index (χ1n) is 8.48. The zero-order chi connectivity index (χ0) is 17.2. The van der Waals surface area contributed by atoms with Crippen LogP contribution in [0.2, 0.25) is 0 Å². The van der Waals surface area contributed by atoms with Crippen LogP contribution in [-0.2, 0) is 9.47 Å². The van der Waals surface area contributed by atoms with E-state index in [9.17, 15) is 18.7 Å². The van der Waals surface area contributed by atoms with E-state index in [1.54, 1.807) is 4.90 Å². The van der Waals surface area contributed by atoms with Gasteiger partial charge in [0, 0.05) is 45.6 Å². The van der Waals surface area contributed by atoms with Crippen molar-refractivity contribution in [1.82, 2.24) is 15.1 Å². The second-order valence-electron chi connectivity index (χ2n) is 6.67. The summed E-state index contributed by atoms with van der Waals surface area (Å²) < 4.78 is 37.2. The quantitative estimate of drug-likeness (QED) is 0.744. The summed E-state index contributed by atoms with van der Waals surface area (Å²) in [5, 5.41) is 13.2. The molecule has 2 N–H and O–H groups in total. The van der Waals surface area contributed by atoms with Crippen LogP contribution < -0.4 is 5.32 Å². The average Bonchev–Trinajstić information content (AvgIpc) is 2.91. The molecule has 0 bridgehead atoms. The summed E-state index contributed by atoms with van der Waals surface area (Å²) in [4.78, 5) is 15.7. The normalized spacial score (nSPS) is 34.3. The van der Waals surface area contributed by atoms with Crippen molar-refractivity contribution in [3.8, 4) is 0 Å². The number of urea groups is 1. The minimum atomic E-state index is -2.58. The second kappa shape index (κ2) is 7.47. The van der Waals surface area contributed by atoms with Crippen LogP contribution in [0.15, 0.2) is 0 Å². The van der Waals surface area contributed by atoms with Crippen molar-refractivity contribution in [3.63, 3.8) is 0 Å². The number of likely N-dealkylation sites (tertiary alicyclic amines) is 1. The largest absolute Gasteiger partial charge is 0.388 e. The minimum Gasteiger partial charge on any atom is -0.388 e. The van der Waals surface area contributed by atoms with Gasteiger partial charge in [-0.15, -0.1) is 0 Å². The fraction of sp³-hybridized carbons (Fsp3) is 0.933. The first-order valence-corrected chi connectivity index (χ1v) is 8.48. The number of nitrogens with one attached hydrogen (secondary N) is 1. The van der Waals surface area contributed by atoms with E-state index in [0.29, 0.717) is 45.9 Å². The van der Waals surface area contributed by atoms with E-state index >= 15 is 0 Å². The van der Waals surface area contributed by atoms with E-state index in [1.165, 1.54) is 0 Å². The highest BCUT2D eigenvalue weighted by Crippen LogP contribution is 2.28. The first kappa shape index (κ1) is 17.8. The maximum absolute atomic E-state index is 13.2. The summed E-state index contributed by atoms with van der Waals surface area (Å²) in [7, 11) is 0. The number of carbonyl (C=O) groups is 1. The number of piperidine rings is 1. The smallest absolute Gasteiger partial charge is 0.317 e. The molecule has 3 aliphatic rings. The maximum atomic E-state index is 13.2. The molecule has 0 radical (unpaired) electrons. The van der Waals surface area contributed by atoms with E-state index in [-0.39, 0.29) is 25.5 Å². The third kappa shape index (κ3) is 4.33. The third-order valence-electron chi connectivity index (χ3n) is 4.92. The Bertz CT molecular complexity index is 438. The Labute approximate surface area is 139 Å². The number of amides is 2. The first-order chi connectivity index (χ1) is 11.4. The van der Waals surface area contributed by atoms with Gasteiger partial charge in [-0.2, -0.15) is 0 Å². The van der Waals surface area contributed by atoms with Crippen molar-refractivity contribution in [3.05, 3.63) is 0 Å². The Kier molecular flexibility index (Phi) is 5.53. The van der Waals surface area contributed by atoms with Gasteiger partial charge in [0.1, 0.15) is 6.10 Å². The van der Waals surface area contributed by atoms with Gasteiger partial charge in [-0.25, -0.2) is 13.6 Å². The van der Waals surface area contributed by atoms with Gasteiger partial charge in [-0.3, -0.25) is 0 Å². The number of aliphatic hydroxyl groups is 1. The SMILES string of the molecule is O=C(NC1COC(CN2CCC(F)(F)CC2)C1O)N1CCOCC1. The molecule has 3 aliphatic heterocycles. The Morgan fingerprint density at radius 2 is 1.88 bits per heavy atom. The zero-order valence-corrected chi connectivity index (χ0v) is 13.6. The Hall–Kier alpha value is -1.03. The topological polar surface area (TPSA) is 74.3 Å². The van der Waals surface area contributed by atoms with Crippen molar-refractivity contribution in [2.45, 2.75) is 37.0 Å². The van der Waals surface area contributed by atoms with Crippen molar-refractivity contribution in [2.75, 3.05) is 52.5 Å². The summed E-state index contributed by atoms with van der Waals surface area (Å²) in [6.07, 6.45) is -1.62.